The second-order valence-electron chi connectivity index (χ2n) is 31.2. The molecule has 0 aliphatic rings. The van der Waals surface area contributed by atoms with Gasteiger partial charge < -0.3 is 48.7 Å². The normalized spacial score (nSPS) is 11.6. The van der Waals surface area contributed by atoms with E-state index >= 15 is 0 Å². The van der Waals surface area contributed by atoms with Crippen LogP contribution in [-0.2, 0) is 52.3 Å². The molecule has 0 spiro atoms. The molecule has 0 aromatic heterocycles. The van der Waals surface area contributed by atoms with Gasteiger partial charge in [-0.1, -0.05) is 205 Å². The summed E-state index contributed by atoms with van der Waals surface area (Å²) in [5.74, 6) is -4.17. The van der Waals surface area contributed by atoms with Crippen molar-refractivity contribution in [3.63, 3.8) is 0 Å². The first kappa shape index (κ1) is 106. The van der Waals surface area contributed by atoms with Gasteiger partial charge in [0, 0.05) is 26.7 Å². The number of hydrogen-bond donors (Lipinski definition) is 0. The summed E-state index contributed by atoms with van der Waals surface area (Å²) in [5, 5.41) is 33.3. The Morgan fingerprint density at radius 1 is 0.382 bits per heavy atom. The molecule has 0 radical (unpaired) electrons. The zero-order chi connectivity index (χ0) is 95.5. The van der Waals surface area contributed by atoms with Crippen LogP contribution in [0.3, 0.4) is 0 Å². The Balaban J connectivity index is 0.000000212. The standard InChI is InChI=1S/C21H24O4.C19H15Cl2S.C18H15S.C17H22O6.C13H12IO.C13H16O4.C10H14/c1-5-13(2)17-8-6-16(7-9-17)12-25-20-14(3)10-18(11-15(20)4)19(22)21(23)24;1-14-2-8-17(9-3-14)22(18-10-4-15(20)5-11-18)19-12-6-16(21)7-13-19;1-4-10-16(11-5-1)19(17-12-6-2-7-13-17)18-14-8-3-9-15-18;1-6-17(4,16(21)22-5)9-23-14-10(2)7-12(8-11(14)3)13(18)15(19)20;1-15-13-9-7-12(8-10-13)14-11-5-3-2-4-6-11;1-3-9(2)8-17-11-6-4-10(5-7-11)12(14)13(15)16;1-3-9(2)10-7-5-4-6-8-10/h6-11,13H,5,12H2,1-4H3,(H,23,24);2-13H,1H3;1-15H;7-8H,6,9H2,1-5H3,(H,19,20);2-10H,1H3;4-7,9H,3,8H2,1-2H3,(H,15,16);4-9H,3H2,1-2H3/q;2*+1;;-1;;/p-3. The number of hydrogen-bond acceptors (Lipinski definition) is 15. The van der Waals surface area contributed by atoms with Crippen LogP contribution in [0.1, 0.15) is 168 Å². The number of carboxylic acids is 3. The number of ether oxygens (including phenoxy) is 5. The van der Waals surface area contributed by atoms with Crippen LogP contribution in [0.15, 0.2) is 351 Å². The average molecular weight is 1950 g/mol. The van der Waals surface area contributed by atoms with Gasteiger partial charge in [0.1, 0.15) is 48.4 Å². The zero-order valence-electron chi connectivity index (χ0n) is 76.9. The molecule has 684 valence electrons. The van der Waals surface area contributed by atoms with E-state index in [2.05, 4.69) is 285 Å². The fourth-order valence-electron chi connectivity index (χ4n) is 12.7. The number of aryl methyl sites for hydroxylation is 5. The van der Waals surface area contributed by atoms with Crippen LogP contribution in [-0.4, -0.2) is 68.7 Å². The number of aliphatic carboxylic acids is 3. The predicted octanol–water partition coefficient (Wildman–Crippen LogP) is 19.8. The van der Waals surface area contributed by atoms with Crippen LogP contribution >= 0.6 is 23.2 Å². The molecule has 0 fully saturated rings. The summed E-state index contributed by atoms with van der Waals surface area (Å²) in [7, 11) is 2.85. The third kappa shape index (κ3) is 34.3. The van der Waals surface area contributed by atoms with Gasteiger partial charge in [-0.05, 0) is 263 Å². The third-order valence-electron chi connectivity index (χ3n) is 21.2. The maximum Gasteiger partial charge on any atom is 0.166 e. The van der Waals surface area contributed by atoms with E-state index in [1.165, 1.54) is 103 Å². The average Bonchev–Trinajstić information content (AvgIpc) is 0.813. The summed E-state index contributed by atoms with van der Waals surface area (Å²) in [4.78, 5) is 85.6. The van der Waals surface area contributed by atoms with E-state index in [-0.39, 0.29) is 72.3 Å². The van der Waals surface area contributed by atoms with E-state index in [0.717, 1.165) is 45.3 Å². The fraction of sp³-hybridized carbons (Fsp3) is 0.234. The maximum atomic E-state index is 11.9. The van der Waals surface area contributed by atoms with Crippen molar-refractivity contribution in [3.05, 3.63) is 400 Å². The van der Waals surface area contributed by atoms with Crippen molar-refractivity contribution in [1.29, 1.82) is 0 Å². The second kappa shape index (κ2) is 55.2. The van der Waals surface area contributed by atoms with E-state index in [9.17, 15) is 48.9 Å². The Kier molecular flexibility index (Phi) is 44.7. The summed E-state index contributed by atoms with van der Waals surface area (Å²) in [6, 6.07) is 107. The van der Waals surface area contributed by atoms with Crippen LogP contribution in [0.2, 0.25) is 10.0 Å². The third-order valence-corrected chi connectivity index (χ3v) is 28.8. The van der Waals surface area contributed by atoms with Gasteiger partial charge in [0.25, 0.3) is 0 Å². The molecule has 0 saturated heterocycles. The number of esters is 1. The quantitative estimate of drug-likeness (QED) is 0.0129. The molecule has 4 atom stereocenters. The summed E-state index contributed by atoms with van der Waals surface area (Å²) in [6.07, 6.45) is 3.90. The van der Waals surface area contributed by atoms with Gasteiger partial charge in [-0.15, -0.1) is 0 Å². The predicted molar refractivity (Wildman–Crippen MR) is 516 cm³/mol. The molecular weight excluding hydrogens is 1840 g/mol. The first-order valence-corrected chi connectivity index (χ1v) is 48.5. The first-order valence-electron chi connectivity index (χ1n) is 43.1. The van der Waals surface area contributed by atoms with Gasteiger partial charge in [-0.25, -0.2) is 0 Å². The van der Waals surface area contributed by atoms with Gasteiger partial charge in [0.2, 0.25) is 17.3 Å². The van der Waals surface area contributed by atoms with Crippen molar-refractivity contribution in [2.24, 2.45) is 11.3 Å². The number of benzene rings is 13. The van der Waals surface area contributed by atoms with Crippen molar-refractivity contribution in [3.8, 4) is 23.0 Å². The number of carbonyl (C=O) groups excluding carboxylic acids is 7. The maximum absolute atomic E-state index is 11.9. The van der Waals surface area contributed by atoms with E-state index in [1.807, 2.05) is 43.3 Å². The summed E-state index contributed by atoms with van der Waals surface area (Å²) >= 11 is 12.0. The van der Waals surface area contributed by atoms with Crippen LogP contribution in [0.25, 0.3) is 0 Å². The summed E-state index contributed by atoms with van der Waals surface area (Å²) < 4.78 is 29.9. The second-order valence-corrected chi connectivity index (χ2v) is 39.1. The Bertz CT molecular complexity index is 5480. The number of carboxylic acid groups (broad SMARTS) is 3. The monoisotopic (exact) mass is 1950 g/mol. The molecule has 0 saturated carbocycles. The Morgan fingerprint density at radius 3 is 1.09 bits per heavy atom. The molecule has 0 bridgehead atoms. The summed E-state index contributed by atoms with van der Waals surface area (Å²) in [5.41, 5.74) is 7.21. The van der Waals surface area contributed by atoms with Crippen LogP contribution in [0.5, 0.6) is 23.0 Å². The van der Waals surface area contributed by atoms with Gasteiger partial charge >= 0.3 is 107 Å². The van der Waals surface area contributed by atoms with E-state index in [1.54, 1.807) is 53.9 Å². The Labute approximate surface area is 798 Å². The van der Waals surface area contributed by atoms with Crippen molar-refractivity contribution in [2.45, 2.75) is 164 Å². The van der Waals surface area contributed by atoms with Gasteiger partial charge in [-0.2, -0.15) is 0 Å². The van der Waals surface area contributed by atoms with E-state index in [4.69, 9.17) is 46.9 Å². The number of rotatable bonds is 31. The molecule has 13 aromatic rings. The number of halogens is 3. The SMILES string of the molecule is CCC(C)(COc1c(C)cc(C(=O)C(=O)[O-])cc1C)C(=O)OC.CCC(C)COc1ccc(C(=O)C(=O)[O-])cc1.CCC(C)c1ccc(COc2c(C)cc(C(=O)C(=O)[O-])cc2C)cc1.CCC(C)c1ccccc1.COc1ccc([I-]c2ccccc2)cc1.Cc1ccc([S+](c2ccc(Cl)cc2)c2ccc(Cl)cc2)cc1.c1ccc([S+](c2ccccc2)c2ccccc2)cc1. The van der Waals surface area contributed by atoms with E-state index in [0.29, 0.717) is 65.8 Å². The van der Waals surface area contributed by atoms with Crippen LogP contribution < -0.4 is 55.5 Å². The largest absolute Gasteiger partial charge is 0.166 e. The van der Waals surface area contributed by atoms with Gasteiger partial charge in [-0.3, -0.25) is 19.2 Å². The molecule has 0 aliphatic heterocycles. The minimum atomic E-state index is -1.75. The van der Waals surface area contributed by atoms with Crippen molar-refractivity contribution >= 4 is 86.2 Å². The molecule has 13 rings (SSSR count). The molecule has 131 heavy (non-hydrogen) atoms. The molecule has 13 aromatic carbocycles. The van der Waals surface area contributed by atoms with Crippen LogP contribution in [0.4, 0.5) is 0 Å². The smallest absolute Gasteiger partial charge is 0.0843 e. The summed E-state index contributed by atoms with van der Waals surface area (Å²) in [6.45, 7) is 26.8. The van der Waals surface area contributed by atoms with Crippen molar-refractivity contribution in [1.82, 2.24) is 0 Å². The fourth-order valence-corrected chi connectivity index (χ4v) is 19.3. The minimum absolute atomic E-state index is 0.0146. The number of Topliss-reactive ketones (excluding diaryl/α,β-unsaturated/α-hetero) is 3. The molecule has 20 heteroatoms. The van der Waals surface area contributed by atoms with Crippen molar-refractivity contribution < 1.29 is 93.8 Å². The number of carbonyl (C=O) groups is 7. The van der Waals surface area contributed by atoms with Crippen molar-refractivity contribution in [2.75, 3.05) is 27.4 Å². The molecule has 0 aliphatic carbocycles. The Hall–Kier alpha value is -12.0. The minimum Gasteiger partial charge on any atom is -0.0843 e. The number of methoxy groups -OCH3 is 2. The number of ketones is 3. The van der Waals surface area contributed by atoms with Gasteiger partial charge in [0.05, 0.1) is 40.9 Å². The molecule has 0 heterocycles. The molecule has 0 amide bonds. The Morgan fingerprint density at radius 2 is 0.725 bits per heavy atom. The molecular formula is C111H115Cl2IO15S2-2. The molecule has 0 N–H and O–H groups in total. The first-order chi connectivity index (χ1) is 62.8. The molecule has 15 nitrogen and oxygen atoms in total. The van der Waals surface area contributed by atoms with E-state index < -0.39 is 40.7 Å². The molecule has 4 unspecified atom stereocenters. The topological polar surface area (TPSA) is 235 Å². The zero-order valence-corrected chi connectivity index (χ0v) is 82.2. The van der Waals surface area contributed by atoms with Gasteiger partial charge in [0.15, 0.2) is 29.4 Å². The van der Waals surface area contributed by atoms with Crippen LogP contribution in [0, 0.1) is 53.1 Å².